The van der Waals surface area contributed by atoms with Crippen molar-refractivity contribution < 1.29 is 17.9 Å². The maximum atomic E-state index is 13.4. The second kappa shape index (κ2) is 11.0. The molecule has 0 aliphatic heterocycles. The molecule has 38 heavy (non-hydrogen) atoms. The van der Waals surface area contributed by atoms with Gasteiger partial charge in [0.1, 0.15) is 17.2 Å². The lowest BCUT2D eigenvalue weighted by Crippen LogP contribution is -2.23. The van der Waals surface area contributed by atoms with Crippen molar-refractivity contribution in [2.75, 3.05) is 4.72 Å². The first-order valence-corrected chi connectivity index (χ1v) is 13.9. The van der Waals surface area contributed by atoms with Crippen molar-refractivity contribution in [3.05, 3.63) is 108 Å². The highest BCUT2D eigenvalue weighted by Crippen LogP contribution is 2.33. The van der Waals surface area contributed by atoms with Gasteiger partial charge in [-0.2, -0.15) is 0 Å². The Morgan fingerprint density at radius 2 is 1.58 bits per heavy atom. The standard InChI is InChI=1S/C25H19Cl4N3O5S/c1-14-23(24(33)32(31(14)2)16-7-4-3-5-8-16)30-38(35,36)21-12-15(11-20(28)22(21)29)25(34)37-13-17-18(26)9-6-10-19(17)27/h3-12,30H,13H2,1-2H3. The molecule has 1 N–H and O–H groups in total. The van der Waals surface area contributed by atoms with Crippen molar-refractivity contribution in [2.45, 2.75) is 18.4 Å². The molecular formula is C25H19Cl4N3O5S. The van der Waals surface area contributed by atoms with Crippen LogP contribution in [0.4, 0.5) is 5.69 Å². The Hall–Kier alpha value is -2.95. The molecule has 0 bridgehead atoms. The van der Waals surface area contributed by atoms with E-state index < -0.39 is 26.4 Å². The predicted octanol–water partition coefficient (Wildman–Crippen LogP) is 6.26. The third-order valence-electron chi connectivity index (χ3n) is 5.72. The fraction of sp³-hybridized carbons (Fsp3) is 0.120. The first-order chi connectivity index (χ1) is 17.9. The maximum Gasteiger partial charge on any atom is 0.338 e. The van der Waals surface area contributed by atoms with Crippen molar-refractivity contribution in [3.63, 3.8) is 0 Å². The van der Waals surface area contributed by atoms with Gasteiger partial charge in [-0.25, -0.2) is 17.9 Å². The molecule has 0 spiro atoms. The molecule has 198 valence electrons. The van der Waals surface area contributed by atoms with Crippen molar-refractivity contribution >= 4 is 68.1 Å². The molecule has 0 fully saturated rings. The Balaban J connectivity index is 1.67. The SMILES string of the molecule is Cc1c(NS(=O)(=O)c2cc(C(=O)OCc3c(Cl)cccc3Cl)cc(Cl)c2Cl)c(=O)n(-c2ccccc2)n1C. The summed E-state index contributed by atoms with van der Waals surface area (Å²) in [6.07, 6.45) is 0. The molecule has 1 heterocycles. The van der Waals surface area contributed by atoms with Gasteiger partial charge in [-0.15, -0.1) is 0 Å². The lowest BCUT2D eigenvalue weighted by Gasteiger charge is -2.12. The molecule has 0 unspecified atom stereocenters. The molecule has 4 aromatic rings. The van der Waals surface area contributed by atoms with Crippen molar-refractivity contribution in [2.24, 2.45) is 7.05 Å². The number of benzene rings is 3. The van der Waals surface area contributed by atoms with Gasteiger partial charge in [0.2, 0.25) is 0 Å². The molecule has 0 aliphatic rings. The summed E-state index contributed by atoms with van der Waals surface area (Å²) in [6, 6.07) is 15.7. The van der Waals surface area contributed by atoms with Crippen LogP contribution < -0.4 is 10.3 Å². The molecule has 13 heteroatoms. The predicted molar refractivity (Wildman–Crippen MR) is 149 cm³/mol. The van der Waals surface area contributed by atoms with Crippen molar-refractivity contribution in [3.8, 4) is 5.69 Å². The number of esters is 1. The summed E-state index contributed by atoms with van der Waals surface area (Å²) in [5.41, 5.74) is 0.288. The second-order valence-corrected chi connectivity index (χ2v) is 11.3. The zero-order valence-electron chi connectivity index (χ0n) is 19.8. The van der Waals surface area contributed by atoms with Gasteiger partial charge in [-0.3, -0.25) is 14.2 Å². The van der Waals surface area contributed by atoms with Crippen molar-refractivity contribution in [1.29, 1.82) is 0 Å². The van der Waals surface area contributed by atoms with E-state index >= 15 is 0 Å². The lowest BCUT2D eigenvalue weighted by atomic mass is 10.2. The fourth-order valence-electron chi connectivity index (χ4n) is 3.64. The molecule has 3 aromatic carbocycles. The van der Waals surface area contributed by atoms with Crippen LogP contribution in [0.15, 0.2) is 70.4 Å². The first-order valence-electron chi connectivity index (χ1n) is 10.9. The number of carbonyl (C=O) groups excluding carboxylic acids is 1. The minimum absolute atomic E-state index is 0.186. The molecule has 8 nitrogen and oxygen atoms in total. The zero-order valence-corrected chi connectivity index (χ0v) is 23.7. The quantitative estimate of drug-likeness (QED) is 0.248. The maximum absolute atomic E-state index is 13.4. The number of hydrogen-bond acceptors (Lipinski definition) is 5. The average molecular weight is 615 g/mol. The number of para-hydroxylation sites is 1. The van der Waals surface area contributed by atoms with E-state index in [-0.39, 0.29) is 27.9 Å². The Bertz CT molecular complexity index is 1700. The monoisotopic (exact) mass is 613 g/mol. The third kappa shape index (κ3) is 5.43. The summed E-state index contributed by atoms with van der Waals surface area (Å²) in [5, 5.41) is 0.0585. The summed E-state index contributed by atoms with van der Waals surface area (Å²) in [6.45, 7) is 1.32. The van der Waals surface area contributed by atoms with E-state index in [1.807, 2.05) is 0 Å². The highest BCUT2D eigenvalue weighted by atomic mass is 35.5. The molecule has 0 radical (unpaired) electrons. The van der Waals surface area contributed by atoms with Crippen LogP contribution in [0.5, 0.6) is 0 Å². The minimum atomic E-state index is -4.48. The van der Waals surface area contributed by atoms with Crippen LogP contribution in [0, 0.1) is 6.92 Å². The smallest absolute Gasteiger partial charge is 0.338 e. The number of rotatable bonds is 7. The average Bonchev–Trinajstić information content (AvgIpc) is 3.08. The molecule has 0 atom stereocenters. The van der Waals surface area contributed by atoms with Gasteiger partial charge in [0, 0.05) is 22.7 Å². The third-order valence-corrected chi connectivity index (χ3v) is 8.72. The topological polar surface area (TPSA) is 99.4 Å². The van der Waals surface area contributed by atoms with Crippen molar-refractivity contribution in [1.82, 2.24) is 9.36 Å². The molecule has 0 saturated carbocycles. The van der Waals surface area contributed by atoms with Crippen LogP contribution in [0.3, 0.4) is 0 Å². The van der Waals surface area contributed by atoms with Crippen LogP contribution in [-0.4, -0.2) is 23.8 Å². The second-order valence-electron chi connectivity index (χ2n) is 8.09. The van der Waals surface area contributed by atoms with E-state index in [0.29, 0.717) is 27.0 Å². The number of halogens is 4. The summed E-state index contributed by atoms with van der Waals surface area (Å²) >= 11 is 24.6. The Kier molecular flexibility index (Phi) is 8.15. The number of nitrogens with zero attached hydrogens (tertiary/aromatic N) is 2. The van der Waals surface area contributed by atoms with E-state index in [9.17, 15) is 18.0 Å². The van der Waals surface area contributed by atoms with E-state index in [0.717, 1.165) is 6.07 Å². The molecule has 0 saturated heterocycles. The number of carbonyl (C=O) groups is 1. The Morgan fingerprint density at radius 1 is 0.947 bits per heavy atom. The number of hydrogen-bond donors (Lipinski definition) is 1. The molecular weight excluding hydrogens is 596 g/mol. The summed E-state index contributed by atoms with van der Waals surface area (Å²) < 4.78 is 37.2. The number of aromatic nitrogens is 2. The van der Waals surface area contributed by atoms with E-state index in [1.54, 1.807) is 62.5 Å². The molecule has 0 aliphatic carbocycles. The zero-order chi connectivity index (χ0) is 27.8. The van der Waals surface area contributed by atoms with Gasteiger partial charge < -0.3 is 4.74 Å². The summed E-state index contributed by atoms with van der Waals surface area (Å²) in [4.78, 5) is 25.4. The number of ether oxygens (including phenoxy) is 1. The molecule has 0 amide bonds. The summed E-state index contributed by atoms with van der Waals surface area (Å²) in [7, 11) is -2.86. The van der Waals surface area contributed by atoms with Gasteiger partial charge in [-0.1, -0.05) is 70.7 Å². The van der Waals surface area contributed by atoms with Gasteiger partial charge in [0.15, 0.2) is 0 Å². The normalized spacial score (nSPS) is 11.4. The Labute approximate surface area is 238 Å². The van der Waals surface area contributed by atoms with Crippen LogP contribution >= 0.6 is 46.4 Å². The van der Waals surface area contributed by atoms with Crippen LogP contribution in [-0.2, 0) is 28.4 Å². The van der Waals surface area contributed by atoms with Gasteiger partial charge in [0.05, 0.1) is 27.0 Å². The highest BCUT2D eigenvalue weighted by molar-refractivity contribution is 7.92. The first kappa shape index (κ1) is 28.1. The van der Waals surface area contributed by atoms with E-state index in [1.165, 1.54) is 15.4 Å². The lowest BCUT2D eigenvalue weighted by molar-refractivity contribution is 0.0472. The number of nitrogens with one attached hydrogen (secondary N) is 1. The highest BCUT2D eigenvalue weighted by Gasteiger charge is 2.27. The largest absolute Gasteiger partial charge is 0.457 e. The number of anilines is 1. The molecule has 4 rings (SSSR count). The van der Waals surface area contributed by atoms with Gasteiger partial charge in [0.25, 0.3) is 15.6 Å². The van der Waals surface area contributed by atoms with Crippen LogP contribution in [0.25, 0.3) is 5.69 Å². The number of sulfonamides is 1. The van der Waals surface area contributed by atoms with E-state index in [2.05, 4.69) is 4.72 Å². The summed E-state index contributed by atoms with van der Waals surface area (Å²) in [5.74, 6) is -0.890. The van der Waals surface area contributed by atoms with Gasteiger partial charge in [-0.05, 0) is 43.3 Å². The van der Waals surface area contributed by atoms with Gasteiger partial charge >= 0.3 is 5.97 Å². The Morgan fingerprint density at radius 3 is 2.21 bits per heavy atom. The van der Waals surface area contributed by atoms with Crippen LogP contribution in [0.2, 0.25) is 20.1 Å². The minimum Gasteiger partial charge on any atom is -0.457 e. The van der Waals surface area contributed by atoms with Crippen LogP contribution in [0.1, 0.15) is 21.6 Å². The molecule has 1 aromatic heterocycles. The van der Waals surface area contributed by atoms with E-state index in [4.69, 9.17) is 51.1 Å². The fourth-order valence-corrected chi connectivity index (χ4v) is 6.08.